The van der Waals surface area contributed by atoms with Crippen molar-refractivity contribution in [3.05, 3.63) is 0 Å². The van der Waals surface area contributed by atoms with E-state index in [1.54, 1.807) is 0 Å². The first-order valence-electron chi connectivity index (χ1n) is 6.82. The number of ether oxygens (including phenoxy) is 1. The Morgan fingerprint density at radius 2 is 2.24 bits per heavy atom. The number of piperidine rings is 1. The molecule has 17 heavy (non-hydrogen) atoms. The van der Waals surface area contributed by atoms with Gasteiger partial charge in [-0.25, -0.2) is 0 Å². The Labute approximate surface area is 103 Å². The van der Waals surface area contributed by atoms with Crippen LogP contribution >= 0.6 is 0 Å². The van der Waals surface area contributed by atoms with Crippen molar-refractivity contribution in [1.82, 2.24) is 4.90 Å². The van der Waals surface area contributed by atoms with E-state index < -0.39 is 0 Å². The van der Waals surface area contributed by atoms with Gasteiger partial charge in [0.25, 0.3) is 0 Å². The Morgan fingerprint density at radius 3 is 2.88 bits per heavy atom. The molecule has 3 atom stereocenters. The van der Waals surface area contributed by atoms with Crippen LogP contribution in [0.4, 0.5) is 0 Å². The van der Waals surface area contributed by atoms with Crippen molar-refractivity contribution < 1.29 is 9.53 Å². The number of amides is 1. The second kappa shape index (κ2) is 5.83. The van der Waals surface area contributed by atoms with Gasteiger partial charge in [-0.15, -0.1) is 0 Å². The van der Waals surface area contributed by atoms with Gasteiger partial charge < -0.3 is 15.4 Å². The third-order valence-electron chi connectivity index (χ3n) is 4.06. The standard InChI is InChI=1S/C13H24N2O2/c1-10-4-5-11(8-14)9-15(10)13(16)7-12-3-2-6-17-12/h10-12H,2-9,14H2,1H3. The Kier molecular flexibility index (Phi) is 4.40. The minimum Gasteiger partial charge on any atom is -0.378 e. The van der Waals surface area contributed by atoms with Crippen LogP contribution in [0.2, 0.25) is 0 Å². The van der Waals surface area contributed by atoms with E-state index in [1.165, 1.54) is 0 Å². The van der Waals surface area contributed by atoms with Crippen LogP contribution in [0, 0.1) is 5.92 Å². The van der Waals surface area contributed by atoms with E-state index in [4.69, 9.17) is 10.5 Å². The average molecular weight is 240 g/mol. The number of nitrogens with zero attached hydrogens (tertiary/aromatic N) is 1. The lowest BCUT2D eigenvalue weighted by Crippen LogP contribution is -2.47. The van der Waals surface area contributed by atoms with Crippen LogP contribution in [0.15, 0.2) is 0 Å². The summed E-state index contributed by atoms with van der Waals surface area (Å²) in [6.07, 6.45) is 5.09. The van der Waals surface area contributed by atoms with Gasteiger partial charge in [-0.3, -0.25) is 4.79 Å². The number of likely N-dealkylation sites (tertiary alicyclic amines) is 1. The fourth-order valence-corrected chi connectivity index (χ4v) is 2.84. The van der Waals surface area contributed by atoms with E-state index >= 15 is 0 Å². The molecule has 4 heteroatoms. The lowest BCUT2D eigenvalue weighted by Gasteiger charge is -2.38. The van der Waals surface area contributed by atoms with Crippen molar-refractivity contribution in [3.63, 3.8) is 0 Å². The van der Waals surface area contributed by atoms with E-state index in [2.05, 4.69) is 6.92 Å². The van der Waals surface area contributed by atoms with Gasteiger partial charge in [-0.05, 0) is 45.1 Å². The first kappa shape index (κ1) is 12.8. The molecule has 4 nitrogen and oxygen atoms in total. The largest absolute Gasteiger partial charge is 0.378 e. The fourth-order valence-electron chi connectivity index (χ4n) is 2.84. The molecule has 2 aliphatic rings. The van der Waals surface area contributed by atoms with Gasteiger partial charge in [0.15, 0.2) is 0 Å². The lowest BCUT2D eigenvalue weighted by atomic mass is 9.93. The lowest BCUT2D eigenvalue weighted by molar-refractivity contribution is -0.137. The van der Waals surface area contributed by atoms with Crippen LogP contribution in [0.3, 0.4) is 0 Å². The molecule has 2 aliphatic heterocycles. The molecule has 2 saturated heterocycles. The van der Waals surface area contributed by atoms with Gasteiger partial charge in [0.2, 0.25) is 5.91 Å². The third kappa shape index (κ3) is 3.19. The second-order valence-corrected chi connectivity index (χ2v) is 5.41. The van der Waals surface area contributed by atoms with Crippen LogP contribution in [0.5, 0.6) is 0 Å². The summed E-state index contributed by atoms with van der Waals surface area (Å²) >= 11 is 0. The minimum absolute atomic E-state index is 0.160. The fraction of sp³-hybridized carbons (Fsp3) is 0.923. The van der Waals surface area contributed by atoms with Crippen LogP contribution < -0.4 is 5.73 Å². The summed E-state index contributed by atoms with van der Waals surface area (Å²) in [7, 11) is 0. The van der Waals surface area contributed by atoms with Crippen molar-refractivity contribution in [2.75, 3.05) is 19.7 Å². The quantitative estimate of drug-likeness (QED) is 0.805. The van der Waals surface area contributed by atoms with Crippen molar-refractivity contribution in [2.45, 2.75) is 51.2 Å². The van der Waals surface area contributed by atoms with Crippen LogP contribution in [0.1, 0.15) is 39.0 Å². The Balaban J connectivity index is 1.87. The van der Waals surface area contributed by atoms with Crippen molar-refractivity contribution in [3.8, 4) is 0 Å². The molecule has 0 saturated carbocycles. The molecule has 0 aromatic rings. The summed E-state index contributed by atoms with van der Waals surface area (Å²) in [6, 6.07) is 0.367. The summed E-state index contributed by atoms with van der Waals surface area (Å²) in [5, 5.41) is 0. The molecule has 2 heterocycles. The molecular formula is C13H24N2O2. The monoisotopic (exact) mass is 240 g/mol. The number of carbonyl (C=O) groups excluding carboxylic acids is 1. The number of hydrogen-bond acceptors (Lipinski definition) is 3. The highest BCUT2D eigenvalue weighted by atomic mass is 16.5. The highest BCUT2D eigenvalue weighted by Crippen LogP contribution is 2.24. The highest BCUT2D eigenvalue weighted by molar-refractivity contribution is 5.77. The molecule has 0 aromatic carbocycles. The number of nitrogens with two attached hydrogens (primary N) is 1. The predicted molar refractivity (Wildman–Crippen MR) is 66.5 cm³/mol. The zero-order chi connectivity index (χ0) is 12.3. The van der Waals surface area contributed by atoms with Gasteiger partial charge in [0.05, 0.1) is 12.5 Å². The van der Waals surface area contributed by atoms with E-state index in [9.17, 15) is 4.79 Å². The molecule has 3 unspecified atom stereocenters. The smallest absolute Gasteiger partial charge is 0.225 e. The van der Waals surface area contributed by atoms with Gasteiger partial charge in [0, 0.05) is 19.2 Å². The molecule has 0 aromatic heterocycles. The maximum Gasteiger partial charge on any atom is 0.225 e. The molecule has 2 fully saturated rings. The number of hydrogen-bond donors (Lipinski definition) is 1. The molecule has 2 N–H and O–H groups in total. The summed E-state index contributed by atoms with van der Waals surface area (Å²) in [5.41, 5.74) is 5.71. The van der Waals surface area contributed by atoms with E-state index in [0.717, 1.165) is 38.8 Å². The maximum absolute atomic E-state index is 12.2. The number of rotatable bonds is 3. The molecule has 2 rings (SSSR count). The molecule has 1 amide bonds. The Hall–Kier alpha value is -0.610. The molecule has 0 radical (unpaired) electrons. The maximum atomic E-state index is 12.2. The number of carbonyl (C=O) groups is 1. The summed E-state index contributed by atoms with van der Waals surface area (Å²) in [4.78, 5) is 14.2. The first-order valence-corrected chi connectivity index (χ1v) is 6.82. The Bertz CT molecular complexity index is 264. The third-order valence-corrected chi connectivity index (χ3v) is 4.06. The highest BCUT2D eigenvalue weighted by Gasteiger charge is 2.30. The SMILES string of the molecule is CC1CCC(CN)CN1C(=O)CC1CCCO1. The zero-order valence-corrected chi connectivity index (χ0v) is 10.7. The van der Waals surface area contributed by atoms with Gasteiger partial charge in [-0.2, -0.15) is 0 Å². The van der Waals surface area contributed by atoms with Crippen molar-refractivity contribution >= 4 is 5.91 Å². The van der Waals surface area contributed by atoms with Crippen molar-refractivity contribution in [2.24, 2.45) is 11.7 Å². The molecule has 0 aliphatic carbocycles. The van der Waals surface area contributed by atoms with Gasteiger partial charge in [-0.1, -0.05) is 0 Å². The Morgan fingerprint density at radius 1 is 1.41 bits per heavy atom. The topological polar surface area (TPSA) is 55.6 Å². The molecular weight excluding hydrogens is 216 g/mol. The van der Waals surface area contributed by atoms with Gasteiger partial charge >= 0.3 is 0 Å². The van der Waals surface area contributed by atoms with E-state index in [0.29, 0.717) is 24.9 Å². The zero-order valence-electron chi connectivity index (χ0n) is 10.7. The second-order valence-electron chi connectivity index (χ2n) is 5.41. The molecule has 0 bridgehead atoms. The normalized spacial score (nSPS) is 34.0. The van der Waals surface area contributed by atoms with Crippen LogP contribution in [-0.4, -0.2) is 42.6 Å². The van der Waals surface area contributed by atoms with Crippen LogP contribution in [0.25, 0.3) is 0 Å². The molecule has 98 valence electrons. The predicted octanol–water partition coefficient (Wildman–Crippen LogP) is 1.14. The summed E-state index contributed by atoms with van der Waals surface area (Å²) < 4.78 is 5.53. The average Bonchev–Trinajstić information content (AvgIpc) is 2.82. The van der Waals surface area contributed by atoms with Crippen molar-refractivity contribution in [1.29, 1.82) is 0 Å². The van der Waals surface area contributed by atoms with E-state index in [1.807, 2.05) is 4.90 Å². The van der Waals surface area contributed by atoms with E-state index in [-0.39, 0.29) is 12.0 Å². The van der Waals surface area contributed by atoms with Crippen LogP contribution in [-0.2, 0) is 9.53 Å². The molecule has 0 spiro atoms. The minimum atomic E-state index is 0.160. The summed E-state index contributed by atoms with van der Waals surface area (Å²) in [5.74, 6) is 0.738. The first-order chi connectivity index (χ1) is 8.20. The summed E-state index contributed by atoms with van der Waals surface area (Å²) in [6.45, 7) is 4.48. The van der Waals surface area contributed by atoms with Gasteiger partial charge in [0.1, 0.15) is 0 Å².